The normalized spacial score (nSPS) is 10.8. The number of nitro benzene ring substituents is 1. The summed E-state index contributed by atoms with van der Waals surface area (Å²) in [5.74, 6) is 0.642. The SMILES string of the molecule is CCOC(=O)/C=C/c1ccc(-c2ccc([N+](=O)[O-])cc2C)o1. The highest BCUT2D eigenvalue weighted by atomic mass is 16.6. The molecule has 0 aliphatic carbocycles. The van der Waals surface area contributed by atoms with Gasteiger partial charge in [-0.3, -0.25) is 10.1 Å². The molecule has 0 fully saturated rings. The van der Waals surface area contributed by atoms with Crippen LogP contribution in [0, 0.1) is 17.0 Å². The van der Waals surface area contributed by atoms with Gasteiger partial charge < -0.3 is 9.15 Å². The van der Waals surface area contributed by atoms with Gasteiger partial charge in [0.15, 0.2) is 0 Å². The zero-order valence-electron chi connectivity index (χ0n) is 12.2. The maximum atomic E-state index is 11.2. The van der Waals surface area contributed by atoms with Crippen LogP contribution >= 0.6 is 0 Å². The lowest BCUT2D eigenvalue weighted by Gasteiger charge is -2.02. The lowest BCUT2D eigenvalue weighted by Crippen LogP contribution is -1.98. The Kier molecular flexibility index (Phi) is 4.73. The average Bonchev–Trinajstić information content (AvgIpc) is 2.94. The lowest BCUT2D eigenvalue weighted by molar-refractivity contribution is -0.384. The van der Waals surface area contributed by atoms with Gasteiger partial charge in [-0.25, -0.2) is 4.79 Å². The summed E-state index contributed by atoms with van der Waals surface area (Å²) in [6.45, 7) is 3.82. The molecule has 0 saturated heterocycles. The van der Waals surface area contributed by atoms with E-state index in [1.807, 2.05) is 0 Å². The molecule has 1 heterocycles. The summed E-state index contributed by atoms with van der Waals surface area (Å²) in [4.78, 5) is 21.5. The van der Waals surface area contributed by atoms with Crippen LogP contribution in [-0.2, 0) is 9.53 Å². The predicted molar refractivity (Wildman–Crippen MR) is 81.2 cm³/mol. The van der Waals surface area contributed by atoms with Gasteiger partial charge in [-0.15, -0.1) is 0 Å². The number of carbonyl (C=O) groups excluding carboxylic acids is 1. The van der Waals surface area contributed by atoms with E-state index in [-0.39, 0.29) is 5.69 Å². The Morgan fingerprint density at radius 3 is 2.77 bits per heavy atom. The predicted octanol–water partition coefficient (Wildman–Crippen LogP) is 3.74. The third-order valence-electron chi connectivity index (χ3n) is 2.98. The van der Waals surface area contributed by atoms with Gasteiger partial charge in [0.2, 0.25) is 0 Å². The summed E-state index contributed by atoms with van der Waals surface area (Å²) < 4.78 is 10.4. The van der Waals surface area contributed by atoms with Gasteiger partial charge in [-0.1, -0.05) is 0 Å². The number of esters is 1. The first-order chi connectivity index (χ1) is 10.5. The van der Waals surface area contributed by atoms with Crippen LogP contribution in [0.2, 0.25) is 0 Å². The highest BCUT2D eigenvalue weighted by molar-refractivity contribution is 5.86. The summed E-state index contributed by atoms with van der Waals surface area (Å²) in [6.07, 6.45) is 2.80. The molecule has 0 radical (unpaired) electrons. The van der Waals surface area contributed by atoms with Crippen molar-refractivity contribution < 1.29 is 18.9 Å². The molecule has 0 atom stereocenters. The fourth-order valence-electron chi connectivity index (χ4n) is 1.97. The van der Waals surface area contributed by atoms with Crippen molar-refractivity contribution in [3.63, 3.8) is 0 Å². The van der Waals surface area contributed by atoms with E-state index in [2.05, 4.69) is 0 Å². The van der Waals surface area contributed by atoms with Crippen molar-refractivity contribution in [1.82, 2.24) is 0 Å². The topological polar surface area (TPSA) is 82.6 Å². The Balaban J connectivity index is 2.21. The molecule has 1 aromatic carbocycles. The molecule has 2 rings (SSSR count). The molecule has 0 N–H and O–H groups in total. The van der Waals surface area contributed by atoms with Crippen LogP contribution in [0.5, 0.6) is 0 Å². The molecule has 2 aromatic rings. The second-order valence-electron chi connectivity index (χ2n) is 4.54. The smallest absolute Gasteiger partial charge is 0.330 e. The van der Waals surface area contributed by atoms with Gasteiger partial charge in [0, 0.05) is 23.8 Å². The molecule has 0 aliphatic rings. The number of non-ortho nitro benzene ring substituents is 1. The van der Waals surface area contributed by atoms with Crippen LogP contribution in [0.15, 0.2) is 40.8 Å². The lowest BCUT2D eigenvalue weighted by atomic mass is 10.1. The van der Waals surface area contributed by atoms with Gasteiger partial charge >= 0.3 is 5.97 Å². The Labute approximate surface area is 127 Å². The first-order valence-electron chi connectivity index (χ1n) is 6.71. The van der Waals surface area contributed by atoms with Gasteiger partial charge in [-0.05, 0) is 43.7 Å². The minimum Gasteiger partial charge on any atom is -0.463 e. The Morgan fingerprint density at radius 1 is 1.36 bits per heavy atom. The summed E-state index contributed by atoms with van der Waals surface area (Å²) >= 11 is 0. The molecule has 6 heteroatoms. The van der Waals surface area contributed by atoms with Crippen LogP contribution in [-0.4, -0.2) is 17.5 Å². The maximum Gasteiger partial charge on any atom is 0.330 e. The Bertz CT molecular complexity index is 730. The maximum absolute atomic E-state index is 11.2. The van der Waals surface area contributed by atoms with Crippen molar-refractivity contribution in [2.45, 2.75) is 13.8 Å². The minimum atomic E-state index is -0.438. The second-order valence-corrected chi connectivity index (χ2v) is 4.54. The number of benzene rings is 1. The first-order valence-corrected chi connectivity index (χ1v) is 6.71. The van der Waals surface area contributed by atoms with Gasteiger partial charge in [0.25, 0.3) is 5.69 Å². The van der Waals surface area contributed by atoms with Crippen molar-refractivity contribution in [2.75, 3.05) is 6.61 Å². The molecular weight excluding hydrogens is 286 g/mol. The molecule has 0 amide bonds. The summed E-state index contributed by atoms with van der Waals surface area (Å²) in [6, 6.07) is 8.03. The van der Waals surface area contributed by atoms with Crippen molar-refractivity contribution >= 4 is 17.7 Å². The van der Waals surface area contributed by atoms with E-state index in [4.69, 9.17) is 9.15 Å². The van der Waals surface area contributed by atoms with E-state index in [9.17, 15) is 14.9 Å². The van der Waals surface area contributed by atoms with Crippen LogP contribution in [0.25, 0.3) is 17.4 Å². The zero-order chi connectivity index (χ0) is 16.1. The third-order valence-corrected chi connectivity index (χ3v) is 2.98. The molecule has 114 valence electrons. The minimum absolute atomic E-state index is 0.0373. The van der Waals surface area contributed by atoms with Crippen molar-refractivity contribution in [3.8, 4) is 11.3 Å². The monoisotopic (exact) mass is 301 g/mol. The first kappa shape index (κ1) is 15.5. The largest absolute Gasteiger partial charge is 0.463 e. The Morgan fingerprint density at radius 2 is 2.14 bits per heavy atom. The van der Waals surface area contributed by atoms with E-state index < -0.39 is 10.9 Å². The number of furan rings is 1. The molecule has 1 aromatic heterocycles. The molecule has 0 saturated carbocycles. The molecule has 0 bridgehead atoms. The van der Waals surface area contributed by atoms with E-state index in [1.54, 1.807) is 32.0 Å². The van der Waals surface area contributed by atoms with Gasteiger partial charge in [0.1, 0.15) is 11.5 Å². The number of nitro groups is 1. The molecule has 0 unspecified atom stereocenters. The number of hydrogen-bond donors (Lipinski definition) is 0. The highest BCUT2D eigenvalue weighted by Crippen LogP contribution is 2.28. The van der Waals surface area contributed by atoms with Crippen LogP contribution < -0.4 is 0 Å². The van der Waals surface area contributed by atoms with Crippen molar-refractivity contribution in [3.05, 3.63) is 57.8 Å². The number of carbonyl (C=O) groups is 1. The highest BCUT2D eigenvalue weighted by Gasteiger charge is 2.11. The number of ether oxygens (including phenoxy) is 1. The summed E-state index contributed by atoms with van der Waals surface area (Å²) in [5, 5.41) is 10.7. The number of aryl methyl sites for hydroxylation is 1. The van der Waals surface area contributed by atoms with E-state index >= 15 is 0 Å². The van der Waals surface area contributed by atoms with Crippen LogP contribution in [0.3, 0.4) is 0 Å². The van der Waals surface area contributed by atoms with E-state index in [0.717, 1.165) is 11.1 Å². The summed E-state index contributed by atoms with van der Waals surface area (Å²) in [5.41, 5.74) is 1.54. The molecule has 0 spiro atoms. The standard InChI is InChI=1S/C16H15NO5/c1-3-21-16(18)9-6-13-5-8-15(22-13)14-7-4-12(17(19)20)10-11(14)2/h4-10H,3H2,1-2H3/b9-6+. The van der Waals surface area contributed by atoms with Crippen molar-refractivity contribution in [2.24, 2.45) is 0 Å². The van der Waals surface area contributed by atoms with Gasteiger partial charge in [0.05, 0.1) is 11.5 Å². The third kappa shape index (κ3) is 3.60. The number of rotatable bonds is 5. The molecule has 6 nitrogen and oxygen atoms in total. The number of hydrogen-bond acceptors (Lipinski definition) is 5. The average molecular weight is 301 g/mol. The van der Waals surface area contributed by atoms with E-state index in [1.165, 1.54) is 24.3 Å². The summed E-state index contributed by atoms with van der Waals surface area (Å²) in [7, 11) is 0. The molecule has 0 aliphatic heterocycles. The van der Waals surface area contributed by atoms with Crippen LogP contribution in [0.4, 0.5) is 5.69 Å². The van der Waals surface area contributed by atoms with Crippen LogP contribution in [0.1, 0.15) is 18.2 Å². The number of nitrogens with zero attached hydrogens (tertiary/aromatic N) is 1. The van der Waals surface area contributed by atoms with Gasteiger partial charge in [-0.2, -0.15) is 0 Å². The fourth-order valence-corrected chi connectivity index (χ4v) is 1.97. The Hall–Kier alpha value is -2.89. The second kappa shape index (κ2) is 6.71. The fraction of sp³-hybridized carbons (Fsp3) is 0.188. The quantitative estimate of drug-likeness (QED) is 0.363. The van der Waals surface area contributed by atoms with E-state index in [0.29, 0.717) is 18.1 Å². The van der Waals surface area contributed by atoms with Crippen molar-refractivity contribution in [1.29, 1.82) is 0 Å². The molecule has 22 heavy (non-hydrogen) atoms. The molecular formula is C16H15NO5. The zero-order valence-corrected chi connectivity index (χ0v) is 12.2.